The van der Waals surface area contributed by atoms with Crippen molar-refractivity contribution in [1.82, 2.24) is 9.78 Å². The highest BCUT2D eigenvalue weighted by atomic mass is 15.2. The van der Waals surface area contributed by atoms with Crippen molar-refractivity contribution >= 4 is 0 Å². The standard InChI is InChI=1S/C13H17N3/c1-10-5-4-6-11(7-10)13(2,14)12-8-15-16(3)9-12/h4-9H,14H2,1-3H3. The zero-order valence-electron chi connectivity index (χ0n) is 9.94. The SMILES string of the molecule is Cc1cccc(C(C)(N)c2cnn(C)c2)c1. The molecule has 3 nitrogen and oxygen atoms in total. The van der Waals surface area contributed by atoms with Crippen molar-refractivity contribution in [3.05, 3.63) is 53.3 Å². The Balaban J connectivity index is 2.46. The fourth-order valence-corrected chi connectivity index (χ4v) is 1.82. The average molecular weight is 215 g/mol. The van der Waals surface area contributed by atoms with Gasteiger partial charge in [0.05, 0.1) is 11.7 Å². The van der Waals surface area contributed by atoms with Crippen LogP contribution in [0.25, 0.3) is 0 Å². The normalized spacial score (nSPS) is 14.8. The highest BCUT2D eigenvalue weighted by molar-refractivity contribution is 5.36. The molecule has 3 heteroatoms. The molecule has 2 N–H and O–H groups in total. The third kappa shape index (κ3) is 1.86. The molecular formula is C13H17N3. The second kappa shape index (κ2) is 3.76. The molecular weight excluding hydrogens is 198 g/mol. The second-order valence-electron chi connectivity index (χ2n) is 4.47. The number of hydrogen-bond acceptors (Lipinski definition) is 2. The minimum Gasteiger partial charge on any atom is -0.318 e. The molecule has 0 bridgehead atoms. The van der Waals surface area contributed by atoms with Gasteiger partial charge in [0, 0.05) is 18.8 Å². The Bertz CT molecular complexity index is 497. The molecule has 0 amide bonds. The van der Waals surface area contributed by atoms with Crippen molar-refractivity contribution in [3.8, 4) is 0 Å². The summed E-state index contributed by atoms with van der Waals surface area (Å²) >= 11 is 0. The molecule has 1 heterocycles. The topological polar surface area (TPSA) is 43.8 Å². The Morgan fingerprint density at radius 1 is 1.31 bits per heavy atom. The van der Waals surface area contributed by atoms with E-state index in [0.717, 1.165) is 11.1 Å². The van der Waals surface area contributed by atoms with Crippen LogP contribution in [0, 0.1) is 6.92 Å². The van der Waals surface area contributed by atoms with E-state index in [2.05, 4.69) is 30.2 Å². The summed E-state index contributed by atoms with van der Waals surface area (Å²) in [5, 5.41) is 4.17. The lowest BCUT2D eigenvalue weighted by molar-refractivity contribution is 0.601. The molecule has 0 aliphatic carbocycles. The molecule has 16 heavy (non-hydrogen) atoms. The summed E-state index contributed by atoms with van der Waals surface area (Å²) in [6, 6.07) is 8.28. The van der Waals surface area contributed by atoms with Gasteiger partial charge in [0.15, 0.2) is 0 Å². The van der Waals surface area contributed by atoms with E-state index in [0.29, 0.717) is 0 Å². The summed E-state index contributed by atoms with van der Waals surface area (Å²) in [5.74, 6) is 0. The minimum absolute atomic E-state index is 0.486. The first-order valence-electron chi connectivity index (χ1n) is 5.35. The van der Waals surface area contributed by atoms with Crippen LogP contribution < -0.4 is 5.73 Å². The number of benzene rings is 1. The molecule has 0 saturated heterocycles. The quantitative estimate of drug-likeness (QED) is 0.832. The van der Waals surface area contributed by atoms with Crippen LogP contribution in [0.15, 0.2) is 36.7 Å². The van der Waals surface area contributed by atoms with E-state index < -0.39 is 5.54 Å². The lowest BCUT2D eigenvalue weighted by Gasteiger charge is -2.24. The summed E-state index contributed by atoms with van der Waals surface area (Å²) in [6.45, 7) is 4.08. The van der Waals surface area contributed by atoms with Crippen molar-refractivity contribution in [2.24, 2.45) is 12.8 Å². The van der Waals surface area contributed by atoms with Crippen molar-refractivity contribution in [1.29, 1.82) is 0 Å². The van der Waals surface area contributed by atoms with E-state index in [4.69, 9.17) is 5.73 Å². The van der Waals surface area contributed by atoms with Gasteiger partial charge in [-0.15, -0.1) is 0 Å². The maximum absolute atomic E-state index is 6.39. The lowest BCUT2D eigenvalue weighted by Crippen LogP contribution is -2.33. The molecule has 1 aromatic heterocycles. The Hall–Kier alpha value is -1.61. The molecule has 1 unspecified atom stereocenters. The number of aryl methyl sites for hydroxylation is 2. The third-order valence-electron chi connectivity index (χ3n) is 2.92. The molecule has 1 aromatic carbocycles. The summed E-state index contributed by atoms with van der Waals surface area (Å²) in [4.78, 5) is 0. The first-order valence-corrected chi connectivity index (χ1v) is 5.35. The van der Waals surface area contributed by atoms with Crippen LogP contribution in [0.2, 0.25) is 0 Å². The van der Waals surface area contributed by atoms with E-state index in [9.17, 15) is 0 Å². The van der Waals surface area contributed by atoms with Crippen molar-refractivity contribution < 1.29 is 0 Å². The first kappa shape index (κ1) is 10.9. The fourth-order valence-electron chi connectivity index (χ4n) is 1.82. The van der Waals surface area contributed by atoms with Gasteiger partial charge in [-0.25, -0.2) is 0 Å². The zero-order chi connectivity index (χ0) is 11.8. The highest BCUT2D eigenvalue weighted by Crippen LogP contribution is 2.26. The number of rotatable bonds is 2. The Morgan fingerprint density at radius 2 is 2.06 bits per heavy atom. The van der Waals surface area contributed by atoms with E-state index in [1.54, 1.807) is 4.68 Å². The Labute approximate surface area is 95.9 Å². The zero-order valence-corrected chi connectivity index (χ0v) is 9.94. The number of aromatic nitrogens is 2. The lowest BCUT2D eigenvalue weighted by atomic mass is 9.87. The molecule has 1 atom stereocenters. The van der Waals surface area contributed by atoms with Crippen molar-refractivity contribution in [2.75, 3.05) is 0 Å². The molecule has 0 aliphatic rings. The minimum atomic E-state index is -0.486. The summed E-state index contributed by atoms with van der Waals surface area (Å²) < 4.78 is 1.77. The van der Waals surface area contributed by atoms with Crippen molar-refractivity contribution in [3.63, 3.8) is 0 Å². The van der Waals surface area contributed by atoms with E-state index in [1.165, 1.54) is 5.56 Å². The van der Waals surface area contributed by atoms with E-state index >= 15 is 0 Å². The van der Waals surface area contributed by atoms with Gasteiger partial charge in [0.1, 0.15) is 0 Å². The highest BCUT2D eigenvalue weighted by Gasteiger charge is 2.24. The summed E-state index contributed by atoms with van der Waals surface area (Å²) in [6.07, 6.45) is 3.78. The molecule has 0 saturated carbocycles. The molecule has 84 valence electrons. The fraction of sp³-hybridized carbons (Fsp3) is 0.308. The molecule has 2 aromatic rings. The van der Waals surface area contributed by atoms with Gasteiger partial charge in [0.2, 0.25) is 0 Å². The largest absolute Gasteiger partial charge is 0.318 e. The van der Waals surface area contributed by atoms with Crippen LogP contribution in [0.3, 0.4) is 0 Å². The predicted molar refractivity (Wildman–Crippen MR) is 65.0 cm³/mol. The van der Waals surface area contributed by atoms with Crippen LogP contribution in [0.4, 0.5) is 0 Å². The molecule has 2 rings (SSSR count). The third-order valence-corrected chi connectivity index (χ3v) is 2.92. The van der Waals surface area contributed by atoms with Gasteiger partial charge in [0.25, 0.3) is 0 Å². The Morgan fingerprint density at radius 3 is 2.62 bits per heavy atom. The molecule has 0 radical (unpaired) electrons. The van der Waals surface area contributed by atoms with Gasteiger partial charge in [-0.1, -0.05) is 29.8 Å². The number of hydrogen-bond donors (Lipinski definition) is 1. The van der Waals surface area contributed by atoms with Gasteiger partial charge in [-0.2, -0.15) is 5.10 Å². The van der Waals surface area contributed by atoms with Crippen LogP contribution in [0.5, 0.6) is 0 Å². The van der Waals surface area contributed by atoms with E-state index in [-0.39, 0.29) is 0 Å². The van der Waals surface area contributed by atoms with Crippen LogP contribution in [-0.4, -0.2) is 9.78 Å². The maximum atomic E-state index is 6.39. The van der Waals surface area contributed by atoms with Gasteiger partial charge < -0.3 is 5.73 Å². The van der Waals surface area contributed by atoms with Crippen molar-refractivity contribution in [2.45, 2.75) is 19.4 Å². The second-order valence-corrected chi connectivity index (χ2v) is 4.47. The molecule has 0 fully saturated rings. The number of nitrogens with two attached hydrogens (primary N) is 1. The van der Waals surface area contributed by atoms with Gasteiger partial charge in [-0.05, 0) is 19.4 Å². The monoisotopic (exact) mass is 215 g/mol. The predicted octanol–water partition coefficient (Wildman–Crippen LogP) is 1.95. The van der Waals surface area contributed by atoms with Crippen LogP contribution in [0.1, 0.15) is 23.6 Å². The first-order chi connectivity index (χ1) is 7.50. The van der Waals surface area contributed by atoms with Crippen LogP contribution in [-0.2, 0) is 12.6 Å². The van der Waals surface area contributed by atoms with E-state index in [1.807, 2.05) is 32.4 Å². The summed E-state index contributed by atoms with van der Waals surface area (Å²) in [7, 11) is 1.90. The smallest absolute Gasteiger partial charge is 0.0668 e. The average Bonchev–Trinajstić information content (AvgIpc) is 2.65. The van der Waals surface area contributed by atoms with Crippen LogP contribution >= 0.6 is 0 Å². The number of nitrogens with zero attached hydrogens (tertiary/aromatic N) is 2. The Kier molecular flexibility index (Phi) is 2.56. The van der Waals surface area contributed by atoms with Gasteiger partial charge in [-0.3, -0.25) is 4.68 Å². The molecule has 0 spiro atoms. The maximum Gasteiger partial charge on any atom is 0.0668 e. The molecule has 0 aliphatic heterocycles. The van der Waals surface area contributed by atoms with Gasteiger partial charge >= 0.3 is 0 Å². The summed E-state index contributed by atoms with van der Waals surface area (Å²) in [5.41, 5.74) is 9.26.